The van der Waals surface area contributed by atoms with Crippen molar-refractivity contribution >= 4 is 17.5 Å². The van der Waals surface area contributed by atoms with Gasteiger partial charge in [0.1, 0.15) is 18.2 Å². The SMILES string of the molecule is O=C(Nc1ccc2c(c1)CC(C(=O)NC1CCCCCC1)CO2)c1ccc(F)cc1. The molecule has 5 nitrogen and oxygen atoms in total. The molecule has 30 heavy (non-hydrogen) atoms. The van der Waals surface area contributed by atoms with Crippen molar-refractivity contribution in [3.63, 3.8) is 0 Å². The number of rotatable bonds is 4. The smallest absolute Gasteiger partial charge is 0.255 e. The number of ether oxygens (including phenoxy) is 1. The molecule has 1 heterocycles. The molecule has 2 amide bonds. The highest BCUT2D eigenvalue weighted by molar-refractivity contribution is 6.04. The first-order valence-electron chi connectivity index (χ1n) is 10.7. The highest BCUT2D eigenvalue weighted by Crippen LogP contribution is 2.30. The van der Waals surface area contributed by atoms with Crippen molar-refractivity contribution in [3.05, 3.63) is 59.4 Å². The van der Waals surface area contributed by atoms with Gasteiger partial charge in [-0.05, 0) is 67.3 Å². The summed E-state index contributed by atoms with van der Waals surface area (Å²) in [6, 6.07) is 11.1. The molecule has 158 valence electrons. The number of hydrogen-bond donors (Lipinski definition) is 2. The highest BCUT2D eigenvalue weighted by atomic mass is 19.1. The van der Waals surface area contributed by atoms with Crippen LogP contribution in [0.1, 0.15) is 54.4 Å². The zero-order valence-electron chi connectivity index (χ0n) is 17.0. The molecule has 0 saturated heterocycles. The van der Waals surface area contributed by atoms with Crippen LogP contribution in [0, 0.1) is 11.7 Å². The Kier molecular flexibility index (Phi) is 6.31. The summed E-state index contributed by atoms with van der Waals surface area (Å²) in [4.78, 5) is 25.2. The predicted octanol–water partition coefficient (Wildman–Crippen LogP) is 4.47. The van der Waals surface area contributed by atoms with Crippen LogP contribution in [0.5, 0.6) is 5.75 Å². The molecule has 2 N–H and O–H groups in total. The molecule has 1 fully saturated rings. The number of carbonyl (C=O) groups is 2. The minimum Gasteiger partial charge on any atom is -0.492 e. The van der Waals surface area contributed by atoms with Crippen LogP contribution in [-0.2, 0) is 11.2 Å². The topological polar surface area (TPSA) is 67.4 Å². The number of hydrogen-bond acceptors (Lipinski definition) is 3. The van der Waals surface area contributed by atoms with E-state index < -0.39 is 0 Å². The van der Waals surface area contributed by atoms with Gasteiger partial charge in [-0.1, -0.05) is 25.7 Å². The van der Waals surface area contributed by atoms with E-state index in [9.17, 15) is 14.0 Å². The molecule has 0 bridgehead atoms. The summed E-state index contributed by atoms with van der Waals surface area (Å²) in [5.74, 6) is -0.134. The molecular weight excluding hydrogens is 383 g/mol. The summed E-state index contributed by atoms with van der Waals surface area (Å²) >= 11 is 0. The first kappa shape index (κ1) is 20.4. The summed E-state index contributed by atoms with van der Waals surface area (Å²) in [7, 11) is 0. The second-order valence-electron chi connectivity index (χ2n) is 8.19. The maximum atomic E-state index is 13.1. The maximum Gasteiger partial charge on any atom is 0.255 e. The van der Waals surface area contributed by atoms with Gasteiger partial charge in [0.25, 0.3) is 5.91 Å². The molecule has 6 heteroatoms. The summed E-state index contributed by atoms with van der Waals surface area (Å²) in [6.45, 7) is 0.368. The lowest BCUT2D eigenvalue weighted by Crippen LogP contribution is -2.42. The second kappa shape index (κ2) is 9.28. The van der Waals surface area contributed by atoms with Gasteiger partial charge in [0.15, 0.2) is 0 Å². The van der Waals surface area contributed by atoms with E-state index in [2.05, 4.69) is 10.6 Å². The Morgan fingerprint density at radius 2 is 1.70 bits per heavy atom. The maximum absolute atomic E-state index is 13.1. The van der Waals surface area contributed by atoms with Crippen LogP contribution in [0.3, 0.4) is 0 Å². The monoisotopic (exact) mass is 410 g/mol. The third-order valence-electron chi connectivity index (χ3n) is 5.90. The summed E-state index contributed by atoms with van der Waals surface area (Å²) in [5.41, 5.74) is 1.90. The van der Waals surface area contributed by atoms with Crippen LogP contribution in [0.4, 0.5) is 10.1 Å². The number of fused-ring (bicyclic) bond motifs is 1. The summed E-state index contributed by atoms with van der Waals surface area (Å²) < 4.78 is 18.9. The zero-order valence-corrected chi connectivity index (χ0v) is 17.0. The van der Waals surface area contributed by atoms with Crippen molar-refractivity contribution in [1.29, 1.82) is 0 Å². The van der Waals surface area contributed by atoms with Crippen LogP contribution < -0.4 is 15.4 Å². The quantitative estimate of drug-likeness (QED) is 0.731. The molecule has 0 radical (unpaired) electrons. The molecule has 1 unspecified atom stereocenters. The molecule has 1 aliphatic carbocycles. The average molecular weight is 410 g/mol. The molecule has 4 rings (SSSR count). The normalized spacial score (nSPS) is 19.2. The number of halogens is 1. The van der Waals surface area contributed by atoms with Gasteiger partial charge in [0.05, 0.1) is 5.92 Å². The van der Waals surface area contributed by atoms with Gasteiger partial charge in [-0.25, -0.2) is 4.39 Å². The Morgan fingerprint density at radius 1 is 0.967 bits per heavy atom. The van der Waals surface area contributed by atoms with E-state index in [-0.39, 0.29) is 29.6 Å². The molecule has 1 atom stereocenters. The van der Waals surface area contributed by atoms with E-state index in [1.165, 1.54) is 49.9 Å². The Bertz CT molecular complexity index is 905. The predicted molar refractivity (Wildman–Crippen MR) is 113 cm³/mol. The molecule has 0 spiro atoms. The third kappa shape index (κ3) is 4.99. The first-order chi connectivity index (χ1) is 14.6. The van der Waals surface area contributed by atoms with E-state index in [1.54, 1.807) is 6.07 Å². The van der Waals surface area contributed by atoms with E-state index >= 15 is 0 Å². The molecule has 2 aromatic carbocycles. The first-order valence-corrected chi connectivity index (χ1v) is 10.7. The van der Waals surface area contributed by atoms with E-state index in [1.807, 2.05) is 12.1 Å². The second-order valence-corrected chi connectivity index (χ2v) is 8.19. The van der Waals surface area contributed by atoms with E-state index in [0.717, 1.165) is 24.2 Å². The lowest BCUT2D eigenvalue weighted by molar-refractivity contribution is -0.127. The van der Waals surface area contributed by atoms with Gasteiger partial charge < -0.3 is 15.4 Å². The van der Waals surface area contributed by atoms with Gasteiger partial charge in [0.2, 0.25) is 5.91 Å². The lowest BCUT2D eigenvalue weighted by Gasteiger charge is -2.27. The largest absolute Gasteiger partial charge is 0.492 e. The summed E-state index contributed by atoms with van der Waals surface area (Å²) in [6.07, 6.45) is 7.52. The lowest BCUT2D eigenvalue weighted by atomic mass is 9.95. The van der Waals surface area contributed by atoms with Crippen LogP contribution in [0.25, 0.3) is 0 Å². The number of anilines is 1. The fraction of sp³-hybridized carbons (Fsp3) is 0.417. The Morgan fingerprint density at radius 3 is 2.43 bits per heavy atom. The zero-order chi connectivity index (χ0) is 20.9. The van der Waals surface area contributed by atoms with E-state index in [4.69, 9.17) is 4.74 Å². The minimum absolute atomic E-state index is 0.0494. The Balaban J connectivity index is 1.39. The molecule has 2 aliphatic rings. The Labute approximate surface area is 176 Å². The van der Waals surface area contributed by atoms with Crippen molar-refractivity contribution in [3.8, 4) is 5.75 Å². The van der Waals surface area contributed by atoms with Crippen molar-refractivity contribution in [1.82, 2.24) is 5.32 Å². The number of nitrogens with one attached hydrogen (secondary N) is 2. The van der Waals surface area contributed by atoms with Gasteiger partial charge in [-0.2, -0.15) is 0 Å². The highest BCUT2D eigenvalue weighted by Gasteiger charge is 2.28. The van der Waals surface area contributed by atoms with Crippen LogP contribution in [-0.4, -0.2) is 24.5 Å². The fourth-order valence-electron chi connectivity index (χ4n) is 4.19. The summed E-state index contributed by atoms with van der Waals surface area (Å²) in [5, 5.41) is 6.04. The molecule has 0 aromatic heterocycles. The fourth-order valence-corrected chi connectivity index (χ4v) is 4.19. The number of carbonyl (C=O) groups excluding carboxylic acids is 2. The molecule has 2 aromatic rings. The van der Waals surface area contributed by atoms with Crippen molar-refractivity contribution in [2.75, 3.05) is 11.9 Å². The van der Waals surface area contributed by atoms with Gasteiger partial charge >= 0.3 is 0 Å². The number of amides is 2. The Hall–Kier alpha value is -2.89. The van der Waals surface area contributed by atoms with Gasteiger partial charge in [-0.15, -0.1) is 0 Å². The van der Waals surface area contributed by atoms with Crippen LogP contribution in [0.15, 0.2) is 42.5 Å². The molecule has 1 saturated carbocycles. The minimum atomic E-state index is -0.384. The van der Waals surface area contributed by atoms with Gasteiger partial charge in [-0.3, -0.25) is 9.59 Å². The van der Waals surface area contributed by atoms with Crippen molar-refractivity contribution in [2.45, 2.75) is 51.0 Å². The van der Waals surface area contributed by atoms with Crippen LogP contribution in [0.2, 0.25) is 0 Å². The van der Waals surface area contributed by atoms with E-state index in [0.29, 0.717) is 24.3 Å². The van der Waals surface area contributed by atoms with Crippen LogP contribution >= 0.6 is 0 Å². The van der Waals surface area contributed by atoms with Crippen molar-refractivity contribution < 1.29 is 18.7 Å². The van der Waals surface area contributed by atoms with Gasteiger partial charge in [0, 0.05) is 17.3 Å². The number of benzene rings is 2. The molecular formula is C24H27FN2O3. The standard InChI is InChI=1S/C24H27FN2O3/c25-19-9-7-16(8-10-19)23(28)27-21-11-12-22-17(14-21)13-18(15-30-22)24(29)26-20-5-3-1-2-4-6-20/h7-12,14,18,20H,1-6,13,15H2,(H,26,29)(H,27,28). The van der Waals surface area contributed by atoms with Crippen molar-refractivity contribution in [2.24, 2.45) is 5.92 Å². The third-order valence-corrected chi connectivity index (χ3v) is 5.90. The molecule has 1 aliphatic heterocycles. The average Bonchev–Trinajstić information content (AvgIpc) is 3.02.